The molecule has 1 aliphatic rings. The minimum atomic E-state index is -0.224. The Balaban J connectivity index is 1.74. The van der Waals surface area contributed by atoms with Crippen LogP contribution < -0.4 is 10.1 Å². The van der Waals surface area contributed by atoms with Gasteiger partial charge >= 0.3 is 0 Å². The Bertz CT molecular complexity index is 936. The van der Waals surface area contributed by atoms with Gasteiger partial charge in [0.25, 0.3) is 0 Å². The van der Waals surface area contributed by atoms with Gasteiger partial charge in [-0.15, -0.1) is 11.3 Å². The molecule has 7 heteroatoms. The summed E-state index contributed by atoms with van der Waals surface area (Å²) in [6.07, 6.45) is 6.48. The molecule has 2 N–H and O–H groups in total. The van der Waals surface area contributed by atoms with Crippen molar-refractivity contribution >= 4 is 27.4 Å². The zero-order chi connectivity index (χ0) is 18.3. The maximum atomic E-state index is 9.81. The fourth-order valence-corrected chi connectivity index (χ4v) is 4.53. The quantitative estimate of drug-likeness (QED) is 0.714. The van der Waals surface area contributed by atoms with Crippen molar-refractivity contribution in [2.45, 2.75) is 38.8 Å². The summed E-state index contributed by atoms with van der Waals surface area (Å²) < 4.78 is 5.34. The molecule has 26 heavy (non-hydrogen) atoms. The van der Waals surface area contributed by atoms with Crippen LogP contribution in [0.15, 0.2) is 24.8 Å². The summed E-state index contributed by atoms with van der Waals surface area (Å²) in [5, 5.41) is 14.5. The molecule has 3 aromatic rings. The Morgan fingerprint density at radius 2 is 2.08 bits per heavy atom. The Morgan fingerprint density at radius 1 is 1.27 bits per heavy atom. The number of aromatic nitrogens is 3. The van der Waals surface area contributed by atoms with E-state index >= 15 is 0 Å². The number of aryl methyl sites for hydroxylation is 2. The van der Waals surface area contributed by atoms with Crippen LogP contribution in [0.1, 0.15) is 34.9 Å². The van der Waals surface area contributed by atoms with Crippen LogP contribution in [0.3, 0.4) is 0 Å². The minimum Gasteiger partial charge on any atom is -0.495 e. The first-order valence-electron chi connectivity index (χ1n) is 8.71. The molecule has 1 aliphatic carbocycles. The number of thiophene rings is 1. The highest BCUT2D eigenvalue weighted by Gasteiger charge is 2.35. The van der Waals surface area contributed by atoms with Gasteiger partial charge in [0.05, 0.1) is 30.8 Å². The van der Waals surface area contributed by atoms with Gasteiger partial charge in [0, 0.05) is 11.1 Å². The smallest absolute Gasteiger partial charge is 0.138 e. The summed E-state index contributed by atoms with van der Waals surface area (Å²) in [5.74, 6) is 1.89. The number of fused-ring (bicyclic) bond motifs is 1. The Hall–Kier alpha value is -2.25. The molecular weight excluding hydrogens is 348 g/mol. The molecule has 1 saturated carbocycles. The molecule has 4 rings (SSSR count). The van der Waals surface area contributed by atoms with E-state index in [1.165, 1.54) is 10.4 Å². The molecule has 1 fully saturated rings. The van der Waals surface area contributed by atoms with Crippen molar-refractivity contribution in [1.29, 1.82) is 0 Å². The number of nitrogens with zero attached hydrogens (tertiary/aromatic N) is 3. The van der Waals surface area contributed by atoms with Crippen LogP contribution in [0.4, 0.5) is 5.82 Å². The average Bonchev–Trinajstić information content (AvgIpc) is 2.92. The Kier molecular flexibility index (Phi) is 4.50. The second kappa shape index (κ2) is 6.81. The van der Waals surface area contributed by atoms with E-state index in [-0.39, 0.29) is 12.1 Å². The lowest BCUT2D eigenvalue weighted by atomic mass is 9.75. The van der Waals surface area contributed by atoms with E-state index in [1.807, 2.05) is 12.3 Å². The summed E-state index contributed by atoms with van der Waals surface area (Å²) in [4.78, 5) is 15.5. The number of rotatable bonds is 5. The van der Waals surface area contributed by atoms with Crippen molar-refractivity contribution in [3.05, 3.63) is 40.8 Å². The molecule has 136 valence electrons. The molecule has 0 spiro atoms. The number of ether oxygens (including phenoxy) is 1. The van der Waals surface area contributed by atoms with Gasteiger partial charge in [-0.2, -0.15) is 0 Å². The molecule has 0 unspecified atom stereocenters. The van der Waals surface area contributed by atoms with Crippen molar-refractivity contribution in [3.63, 3.8) is 0 Å². The molecule has 0 saturated heterocycles. The zero-order valence-electron chi connectivity index (χ0n) is 15.1. The highest BCUT2D eigenvalue weighted by atomic mass is 32.1. The molecule has 0 aromatic carbocycles. The van der Waals surface area contributed by atoms with Crippen molar-refractivity contribution in [2.24, 2.45) is 5.92 Å². The predicted molar refractivity (Wildman–Crippen MR) is 103 cm³/mol. The molecule has 6 nitrogen and oxygen atoms in total. The van der Waals surface area contributed by atoms with Crippen LogP contribution in [0.2, 0.25) is 0 Å². The van der Waals surface area contributed by atoms with Crippen LogP contribution in [0.5, 0.6) is 5.75 Å². The number of aliphatic hydroxyl groups is 1. The standard InChI is InChI=1S/C19H22N4O2S/c1-10-11(2)26-19-16(10)18(21-9-22-19)23-17(12-4-14(24)5-12)13-6-15(25-3)8-20-7-13/h6-9,12,14,17,24H,4-5H2,1-3H3,(H,21,22,23)/t12?,14?,17-/m1/s1. The third-order valence-electron chi connectivity index (χ3n) is 5.21. The normalized spacial score (nSPS) is 20.6. The zero-order valence-corrected chi connectivity index (χ0v) is 15.9. The summed E-state index contributed by atoms with van der Waals surface area (Å²) in [7, 11) is 1.64. The summed E-state index contributed by atoms with van der Waals surface area (Å²) in [6.45, 7) is 4.22. The van der Waals surface area contributed by atoms with Gasteiger partial charge < -0.3 is 15.2 Å². The second-order valence-corrected chi connectivity index (χ2v) is 8.05. The first kappa shape index (κ1) is 17.2. The van der Waals surface area contributed by atoms with Crippen LogP contribution in [-0.2, 0) is 0 Å². The molecule has 0 aliphatic heterocycles. The SMILES string of the molecule is COc1cncc([C@H](Nc2ncnc3sc(C)c(C)c23)C2CC(O)C2)c1. The monoisotopic (exact) mass is 370 g/mol. The van der Waals surface area contributed by atoms with Crippen LogP contribution >= 0.6 is 11.3 Å². The first-order valence-corrected chi connectivity index (χ1v) is 9.52. The molecule has 3 heterocycles. The summed E-state index contributed by atoms with van der Waals surface area (Å²) >= 11 is 1.69. The van der Waals surface area contributed by atoms with Gasteiger partial charge in [-0.3, -0.25) is 4.98 Å². The van der Waals surface area contributed by atoms with E-state index in [2.05, 4.69) is 34.1 Å². The number of hydrogen-bond donors (Lipinski definition) is 2. The van der Waals surface area contributed by atoms with Gasteiger partial charge in [0.2, 0.25) is 0 Å². The molecule has 3 aromatic heterocycles. The highest BCUT2D eigenvalue weighted by Crippen LogP contribution is 2.42. The van der Waals surface area contributed by atoms with E-state index in [0.717, 1.165) is 40.2 Å². The minimum absolute atomic E-state index is 0.0127. The lowest BCUT2D eigenvalue weighted by molar-refractivity contribution is 0.0339. The summed E-state index contributed by atoms with van der Waals surface area (Å²) in [6, 6.07) is 2.01. The Morgan fingerprint density at radius 3 is 2.81 bits per heavy atom. The lowest BCUT2D eigenvalue weighted by Crippen LogP contribution is -2.36. The lowest BCUT2D eigenvalue weighted by Gasteiger charge is -2.38. The fourth-order valence-electron chi connectivity index (χ4n) is 3.53. The number of nitrogens with one attached hydrogen (secondary N) is 1. The summed E-state index contributed by atoms with van der Waals surface area (Å²) in [5.41, 5.74) is 2.25. The first-order chi connectivity index (χ1) is 12.6. The number of anilines is 1. The van der Waals surface area contributed by atoms with E-state index in [1.54, 1.807) is 31.0 Å². The van der Waals surface area contributed by atoms with Gasteiger partial charge in [0.15, 0.2) is 0 Å². The maximum absolute atomic E-state index is 9.81. The predicted octanol–water partition coefficient (Wildman–Crippen LogP) is 3.64. The third-order valence-corrected chi connectivity index (χ3v) is 6.32. The number of hydrogen-bond acceptors (Lipinski definition) is 7. The van der Waals surface area contributed by atoms with Crippen LogP contribution in [0, 0.1) is 19.8 Å². The van der Waals surface area contributed by atoms with E-state index in [0.29, 0.717) is 5.92 Å². The average molecular weight is 370 g/mol. The molecule has 0 amide bonds. The van der Waals surface area contributed by atoms with Crippen molar-refractivity contribution in [3.8, 4) is 5.75 Å². The van der Waals surface area contributed by atoms with Crippen LogP contribution in [0.25, 0.3) is 10.2 Å². The van der Waals surface area contributed by atoms with Gasteiger partial charge in [-0.25, -0.2) is 9.97 Å². The van der Waals surface area contributed by atoms with E-state index < -0.39 is 0 Å². The van der Waals surface area contributed by atoms with Crippen LogP contribution in [-0.4, -0.2) is 33.3 Å². The van der Waals surface area contributed by atoms with Crippen molar-refractivity contribution in [1.82, 2.24) is 15.0 Å². The van der Waals surface area contributed by atoms with Gasteiger partial charge in [-0.1, -0.05) is 0 Å². The van der Waals surface area contributed by atoms with Crippen molar-refractivity contribution in [2.75, 3.05) is 12.4 Å². The molecule has 0 bridgehead atoms. The fraction of sp³-hybridized carbons (Fsp3) is 0.421. The number of pyridine rings is 1. The Labute approximate surface area is 156 Å². The maximum Gasteiger partial charge on any atom is 0.138 e. The number of methoxy groups -OCH3 is 1. The molecule has 1 atom stereocenters. The van der Waals surface area contributed by atoms with Crippen molar-refractivity contribution < 1.29 is 9.84 Å². The van der Waals surface area contributed by atoms with E-state index in [4.69, 9.17) is 4.74 Å². The third kappa shape index (κ3) is 3.01. The largest absolute Gasteiger partial charge is 0.495 e. The molecular formula is C19H22N4O2S. The second-order valence-electron chi connectivity index (χ2n) is 6.85. The van der Waals surface area contributed by atoms with Gasteiger partial charge in [0.1, 0.15) is 22.7 Å². The topological polar surface area (TPSA) is 80.2 Å². The highest BCUT2D eigenvalue weighted by molar-refractivity contribution is 7.18. The van der Waals surface area contributed by atoms with E-state index in [9.17, 15) is 5.11 Å². The molecule has 0 radical (unpaired) electrons. The van der Waals surface area contributed by atoms with Gasteiger partial charge in [-0.05, 0) is 49.8 Å². The number of aliphatic hydroxyl groups excluding tert-OH is 1.